The summed E-state index contributed by atoms with van der Waals surface area (Å²) in [6.45, 7) is 2.14. The van der Waals surface area contributed by atoms with E-state index in [-0.39, 0.29) is 19.1 Å². The molecule has 0 unspecified atom stereocenters. The van der Waals surface area contributed by atoms with Crippen LogP contribution >= 0.6 is 0 Å². The third-order valence-electron chi connectivity index (χ3n) is 3.57. The summed E-state index contributed by atoms with van der Waals surface area (Å²) in [5, 5.41) is 2.77. The van der Waals surface area contributed by atoms with Crippen LogP contribution in [0.2, 0.25) is 0 Å². The number of amides is 1. The second-order valence-corrected chi connectivity index (χ2v) is 7.96. The van der Waals surface area contributed by atoms with Crippen LogP contribution in [0.15, 0.2) is 48.5 Å². The van der Waals surface area contributed by atoms with Crippen LogP contribution in [0.1, 0.15) is 11.1 Å². The minimum Gasteiger partial charge on any atom is -0.484 e. The van der Waals surface area contributed by atoms with E-state index < -0.39 is 10.0 Å². The number of carbonyl (C=O) groups excluding carboxylic acids is 1. The van der Waals surface area contributed by atoms with Crippen LogP contribution in [-0.4, -0.2) is 38.5 Å². The summed E-state index contributed by atoms with van der Waals surface area (Å²) in [5.74, 6) is 0.302. The molecule has 0 saturated carbocycles. The summed E-state index contributed by atoms with van der Waals surface area (Å²) in [6.07, 6.45) is 1.16. The molecule has 0 bridgehead atoms. The van der Waals surface area contributed by atoms with Gasteiger partial charge in [-0.25, -0.2) is 12.7 Å². The number of nitrogens with one attached hydrogen (secondary N) is 1. The standard InChI is InChI=1S/C18H22N2O4S/c1-14-5-4-6-16(11-14)19-18(21)13-24-17-9-7-15(8-10-17)12-20(2)25(3,22)23/h4-11H,12-13H2,1-3H3,(H,19,21). The molecule has 134 valence electrons. The highest BCUT2D eigenvalue weighted by molar-refractivity contribution is 7.88. The van der Waals surface area contributed by atoms with E-state index in [1.54, 1.807) is 24.3 Å². The summed E-state index contributed by atoms with van der Waals surface area (Å²) in [6, 6.07) is 14.5. The first-order chi connectivity index (χ1) is 11.7. The Labute approximate surface area is 148 Å². The van der Waals surface area contributed by atoms with E-state index in [1.165, 1.54) is 11.4 Å². The number of hydrogen-bond acceptors (Lipinski definition) is 4. The zero-order valence-corrected chi connectivity index (χ0v) is 15.3. The van der Waals surface area contributed by atoms with Crippen LogP contribution in [-0.2, 0) is 21.4 Å². The average Bonchev–Trinajstić information content (AvgIpc) is 2.53. The van der Waals surface area contributed by atoms with E-state index in [1.807, 2.05) is 31.2 Å². The Morgan fingerprint density at radius 3 is 2.44 bits per heavy atom. The quantitative estimate of drug-likeness (QED) is 0.821. The van der Waals surface area contributed by atoms with Gasteiger partial charge in [-0.05, 0) is 42.3 Å². The van der Waals surface area contributed by atoms with Crippen LogP contribution in [0.4, 0.5) is 5.69 Å². The number of sulfonamides is 1. The second kappa shape index (κ2) is 8.13. The maximum atomic E-state index is 11.9. The number of rotatable bonds is 7. The number of benzene rings is 2. The smallest absolute Gasteiger partial charge is 0.262 e. The number of ether oxygens (including phenoxy) is 1. The van der Waals surface area contributed by atoms with E-state index in [0.717, 1.165) is 23.1 Å². The highest BCUT2D eigenvalue weighted by Crippen LogP contribution is 2.15. The number of nitrogens with zero attached hydrogens (tertiary/aromatic N) is 1. The molecule has 1 amide bonds. The predicted octanol–water partition coefficient (Wildman–Crippen LogP) is 2.40. The molecule has 0 aliphatic rings. The molecule has 2 rings (SSSR count). The van der Waals surface area contributed by atoms with Gasteiger partial charge in [0.05, 0.1) is 6.26 Å². The number of carbonyl (C=O) groups is 1. The van der Waals surface area contributed by atoms with Gasteiger partial charge in [0.2, 0.25) is 10.0 Å². The molecule has 0 heterocycles. The molecule has 0 aliphatic heterocycles. The fourth-order valence-corrected chi connectivity index (χ4v) is 2.52. The van der Waals surface area contributed by atoms with E-state index in [9.17, 15) is 13.2 Å². The Morgan fingerprint density at radius 2 is 1.84 bits per heavy atom. The van der Waals surface area contributed by atoms with Crippen molar-refractivity contribution in [3.05, 3.63) is 59.7 Å². The zero-order valence-electron chi connectivity index (χ0n) is 14.5. The van der Waals surface area contributed by atoms with Gasteiger partial charge in [-0.15, -0.1) is 0 Å². The zero-order chi connectivity index (χ0) is 18.4. The second-order valence-electron chi connectivity index (χ2n) is 5.87. The topological polar surface area (TPSA) is 75.7 Å². The summed E-state index contributed by atoms with van der Waals surface area (Å²) >= 11 is 0. The largest absolute Gasteiger partial charge is 0.484 e. The third kappa shape index (κ3) is 6.21. The molecular weight excluding hydrogens is 340 g/mol. The van der Waals surface area contributed by atoms with Gasteiger partial charge in [0.1, 0.15) is 5.75 Å². The van der Waals surface area contributed by atoms with Crippen LogP contribution in [0.25, 0.3) is 0 Å². The normalized spacial score (nSPS) is 11.4. The van der Waals surface area contributed by atoms with Gasteiger partial charge in [-0.3, -0.25) is 4.79 Å². The van der Waals surface area contributed by atoms with Crippen molar-refractivity contribution in [3.63, 3.8) is 0 Å². The summed E-state index contributed by atoms with van der Waals surface area (Å²) in [7, 11) is -1.69. The van der Waals surface area contributed by atoms with Gasteiger partial charge in [0, 0.05) is 19.3 Å². The van der Waals surface area contributed by atoms with Gasteiger partial charge in [-0.2, -0.15) is 0 Å². The molecule has 25 heavy (non-hydrogen) atoms. The molecule has 0 aliphatic carbocycles. The highest BCUT2D eigenvalue weighted by atomic mass is 32.2. The Balaban J connectivity index is 1.86. The first-order valence-electron chi connectivity index (χ1n) is 7.73. The highest BCUT2D eigenvalue weighted by Gasteiger charge is 2.11. The van der Waals surface area contributed by atoms with Crippen LogP contribution in [0.3, 0.4) is 0 Å². The predicted molar refractivity (Wildman–Crippen MR) is 98.1 cm³/mol. The van der Waals surface area contributed by atoms with Crippen LogP contribution in [0, 0.1) is 6.92 Å². The van der Waals surface area contributed by atoms with Gasteiger partial charge >= 0.3 is 0 Å². The van der Waals surface area contributed by atoms with Crippen LogP contribution in [0.5, 0.6) is 5.75 Å². The monoisotopic (exact) mass is 362 g/mol. The molecule has 1 N–H and O–H groups in total. The SMILES string of the molecule is Cc1cccc(NC(=O)COc2ccc(CN(C)S(C)(=O)=O)cc2)c1. The Bertz CT molecular complexity index is 832. The van der Waals surface area contributed by atoms with E-state index in [4.69, 9.17) is 4.74 Å². The number of aryl methyl sites for hydroxylation is 1. The van der Waals surface area contributed by atoms with Crippen molar-refractivity contribution in [2.45, 2.75) is 13.5 Å². The molecule has 2 aromatic rings. The molecule has 0 spiro atoms. The van der Waals surface area contributed by atoms with E-state index >= 15 is 0 Å². The molecule has 7 heteroatoms. The van der Waals surface area contributed by atoms with Gasteiger partial charge in [0.25, 0.3) is 5.91 Å². The molecule has 0 radical (unpaired) electrons. The maximum absolute atomic E-state index is 11.9. The maximum Gasteiger partial charge on any atom is 0.262 e. The van der Waals surface area contributed by atoms with Crippen LogP contribution < -0.4 is 10.1 Å². The van der Waals surface area contributed by atoms with Crippen molar-refractivity contribution < 1.29 is 17.9 Å². The Morgan fingerprint density at radius 1 is 1.16 bits per heavy atom. The van der Waals surface area contributed by atoms with E-state index in [0.29, 0.717) is 5.75 Å². The van der Waals surface area contributed by atoms with Crippen molar-refractivity contribution in [3.8, 4) is 5.75 Å². The molecule has 0 atom stereocenters. The summed E-state index contributed by atoms with van der Waals surface area (Å²) in [4.78, 5) is 11.9. The molecule has 0 saturated heterocycles. The Kier molecular flexibility index (Phi) is 6.17. The lowest BCUT2D eigenvalue weighted by atomic mass is 10.2. The molecule has 6 nitrogen and oxygen atoms in total. The van der Waals surface area contributed by atoms with Crippen molar-refractivity contribution in [2.75, 3.05) is 25.2 Å². The van der Waals surface area contributed by atoms with E-state index in [2.05, 4.69) is 5.32 Å². The summed E-state index contributed by atoms with van der Waals surface area (Å²) < 4.78 is 29.5. The van der Waals surface area contributed by atoms with Gasteiger partial charge < -0.3 is 10.1 Å². The average molecular weight is 362 g/mol. The summed E-state index contributed by atoms with van der Waals surface area (Å²) in [5.41, 5.74) is 2.63. The molecular formula is C18H22N2O4S. The first kappa shape index (κ1) is 19.0. The lowest BCUT2D eigenvalue weighted by Gasteiger charge is -2.14. The third-order valence-corrected chi connectivity index (χ3v) is 4.83. The Hall–Kier alpha value is -2.38. The van der Waals surface area contributed by atoms with Crippen molar-refractivity contribution in [1.82, 2.24) is 4.31 Å². The number of hydrogen-bond donors (Lipinski definition) is 1. The lowest BCUT2D eigenvalue weighted by Crippen LogP contribution is -2.24. The number of anilines is 1. The molecule has 0 fully saturated rings. The fraction of sp³-hybridized carbons (Fsp3) is 0.278. The molecule has 2 aromatic carbocycles. The van der Waals surface area contributed by atoms with Gasteiger partial charge in [-0.1, -0.05) is 24.3 Å². The van der Waals surface area contributed by atoms with Crippen molar-refractivity contribution in [1.29, 1.82) is 0 Å². The fourth-order valence-electron chi connectivity index (χ4n) is 2.13. The van der Waals surface area contributed by atoms with Gasteiger partial charge in [0.15, 0.2) is 6.61 Å². The first-order valence-corrected chi connectivity index (χ1v) is 9.58. The van der Waals surface area contributed by atoms with Crippen molar-refractivity contribution >= 4 is 21.6 Å². The minimum atomic E-state index is -3.22. The lowest BCUT2D eigenvalue weighted by molar-refractivity contribution is -0.118. The minimum absolute atomic E-state index is 0.101. The molecule has 0 aromatic heterocycles. The van der Waals surface area contributed by atoms with Crippen molar-refractivity contribution in [2.24, 2.45) is 0 Å².